The molecule has 0 saturated heterocycles. The molecule has 0 fully saturated rings. The van der Waals surface area contributed by atoms with E-state index in [0.717, 1.165) is 0 Å². The summed E-state index contributed by atoms with van der Waals surface area (Å²) in [6.07, 6.45) is 0. The molecule has 0 amide bonds. The lowest BCUT2D eigenvalue weighted by Gasteiger charge is -2.06. The van der Waals surface area contributed by atoms with Gasteiger partial charge in [-0.05, 0) is 48.5 Å². The van der Waals surface area contributed by atoms with Crippen molar-refractivity contribution in [1.82, 2.24) is 0 Å². The average Bonchev–Trinajstić information content (AvgIpc) is 2.67. The highest BCUT2D eigenvalue weighted by Crippen LogP contribution is 2.07. The van der Waals surface area contributed by atoms with Gasteiger partial charge in [-0.15, -0.1) is 0 Å². The molecule has 2 aromatic carbocycles. The van der Waals surface area contributed by atoms with Gasteiger partial charge in [-0.1, -0.05) is 0 Å². The molecule has 0 aromatic heterocycles. The smallest absolute Gasteiger partial charge is 0.373 e. The summed E-state index contributed by atoms with van der Waals surface area (Å²) in [5, 5.41) is 17.6. The molecule has 0 spiro atoms. The molecule has 0 bridgehead atoms. The Labute approximate surface area is 152 Å². The van der Waals surface area contributed by atoms with Gasteiger partial charge < -0.3 is 14.9 Å². The fourth-order valence-corrected chi connectivity index (χ4v) is 1.89. The van der Waals surface area contributed by atoms with Gasteiger partial charge >= 0.3 is 23.9 Å². The zero-order valence-electron chi connectivity index (χ0n) is 13.8. The lowest BCUT2D eigenvalue weighted by molar-refractivity contribution is -0.244. The summed E-state index contributed by atoms with van der Waals surface area (Å²) in [6, 6.07) is 10.2. The number of ether oxygens (including phenoxy) is 1. The van der Waals surface area contributed by atoms with Crippen molar-refractivity contribution in [3.8, 4) is 0 Å². The fourth-order valence-electron chi connectivity index (χ4n) is 1.89. The fraction of sp³-hybridized carbons (Fsp3) is 0.111. The molecular weight excluding hydrogens is 360 g/mol. The van der Waals surface area contributed by atoms with Gasteiger partial charge in [0.25, 0.3) is 0 Å². The molecule has 9 nitrogen and oxygen atoms in total. The number of benzene rings is 2. The Kier molecular flexibility index (Phi) is 6.61. The second-order valence-electron chi connectivity index (χ2n) is 5.09. The molecule has 0 aliphatic carbocycles. The lowest BCUT2D eigenvalue weighted by atomic mass is 10.1. The number of carboxylic acid groups (broad SMARTS) is 2. The van der Waals surface area contributed by atoms with Gasteiger partial charge in [0, 0.05) is 0 Å². The van der Waals surface area contributed by atoms with Crippen molar-refractivity contribution in [2.75, 3.05) is 13.2 Å². The molecule has 2 N–H and O–H groups in total. The predicted octanol–water partition coefficient (Wildman–Crippen LogP) is 2.03. The Morgan fingerprint density at radius 1 is 0.630 bits per heavy atom. The first kappa shape index (κ1) is 19.6. The van der Waals surface area contributed by atoms with Crippen LogP contribution in [0.3, 0.4) is 0 Å². The van der Waals surface area contributed by atoms with E-state index in [1.807, 2.05) is 0 Å². The zero-order chi connectivity index (χ0) is 19.8. The number of hydrogen-bond donors (Lipinski definition) is 2. The van der Waals surface area contributed by atoms with E-state index in [1.165, 1.54) is 48.5 Å². The number of carbonyl (C=O) groups excluding carboxylic acids is 2. The van der Waals surface area contributed by atoms with Crippen LogP contribution in [0.25, 0.3) is 0 Å². The summed E-state index contributed by atoms with van der Waals surface area (Å²) in [5.74, 6) is -3.75. The molecule has 9 heteroatoms. The second-order valence-corrected chi connectivity index (χ2v) is 5.09. The van der Waals surface area contributed by atoms with Crippen molar-refractivity contribution in [3.63, 3.8) is 0 Å². The van der Waals surface area contributed by atoms with E-state index in [-0.39, 0.29) is 35.5 Å². The minimum atomic E-state index is -1.12. The molecule has 27 heavy (non-hydrogen) atoms. The first-order valence-corrected chi connectivity index (χ1v) is 7.56. The summed E-state index contributed by atoms with van der Waals surface area (Å²) < 4.78 is 4.89. The lowest BCUT2D eigenvalue weighted by Crippen LogP contribution is -2.13. The van der Waals surface area contributed by atoms with Crippen LogP contribution in [0.5, 0.6) is 0 Å². The summed E-state index contributed by atoms with van der Waals surface area (Å²) in [5.41, 5.74) is 0.319. The van der Waals surface area contributed by atoms with Crippen LogP contribution < -0.4 is 0 Å². The topological polar surface area (TPSA) is 136 Å². The highest BCUT2D eigenvalue weighted by Gasteiger charge is 2.11. The van der Waals surface area contributed by atoms with Crippen molar-refractivity contribution in [2.24, 2.45) is 0 Å². The van der Waals surface area contributed by atoms with Crippen molar-refractivity contribution in [2.45, 2.75) is 0 Å². The zero-order valence-corrected chi connectivity index (χ0v) is 13.8. The SMILES string of the molecule is O=C(O)c1ccc(C(=O)OCCOOC(=O)c2ccc(C(=O)O)cc2)cc1. The van der Waals surface area contributed by atoms with Crippen LogP contribution in [-0.4, -0.2) is 47.3 Å². The highest BCUT2D eigenvalue weighted by molar-refractivity contribution is 5.93. The number of esters is 1. The van der Waals surface area contributed by atoms with E-state index in [1.54, 1.807) is 0 Å². The van der Waals surface area contributed by atoms with Gasteiger partial charge in [0.05, 0.1) is 22.3 Å². The van der Waals surface area contributed by atoms with E-state index >= 15 is 0 Å². The maximum absolute atomic E-state index is 11.8. The maximum atomic E-state index is 11.8. The molecule has 0 unspecified atom stereocenters. The number of aromatic carboxylic acids is 2. The van der Waals surface area contributed by atoms with Crippen molar-refractivity contribution in [1.29, 1.82) is 0 Å². The number of carbonyl (C=O) groups is 4. The van der Waals surface area contributed by atoms with Crippen molar-refractivity contribution >= 4 is 23.9 Å². The van der Waals surface area contributed by atoms with Crippen LogP contribution in [0, 0.1) is 0 Å². The van der Waals surface area contributed by atoms with Crippen molar-refractivity contribution in [3.05, 3.63) is 70.8 Å². The van der Waals surface area contributed by atoms with E-state index in [9.17, 15) is 19.2 Å². The molecule has 2 aromatic rings. The van der Waals surface area contributed by atoms with Crippen LogP contribution in [0.4, 0.5) is 0 Å². The van der Waals surface area contributed by atoms with E-state index in [0.29, 0.717) is 0 Å². The molecule has 0 heterocycles. The third-order valence-corrected chi connectivity index (χ3v) is 3.27. The third-order valence-electron chi connectivity index (χ3n) is 3.27. The largest absolute Gasteiger partial charge is 0.478 e. The predicted molar refractivity (Wildman–Crippen MR) is 88.5 cm³/mol. The first-order valence-electron chi connectivity index (χ1n) is 7.56. The number of hydrogen-bond acceptors (Lipinski definition) is 7. The molecule has 0 aliphatic heterocycles. The van der Waals surface area contributed by atoms with Gasteiger partial charge in [-0.2, -0.15) is 4.89 Å². The molecule has 0 saturated carbocycles. The van der Waals surface area contributed by atoms with Crippen LogP contribution in [0.15, 0.2) is 48.5 Å². The maximum Gasteiger partial charge on any atom is 0.373 e. The van der Waals surface area contributed by atoms with E-state index in [2.05, 4.69) is 9.78 Å². The standard InChI is InChI=1S/C18H14O9/c19-15(20)11-1-5-13(6-2-11)17(23)25-9-10-26-27-18(24)14-7-3-12(4-8-14)16(21)22/h1-8H,9-10H2,(H,19,20)(H,21,22). The monoisotopic (exact) mass is 374 g/mol. The van der Waals surface area contributed by atoms with Crippen LogP contribution in [0.2, 0.25) is 0 Å². The Morgan fingerprint density at radius 3 is 1.48 bits per heavy atom. The van der Waals surface area contributed by atoms with Crippen LogP contribution in [0.1, 0.15) is 41.4 Å². The normalized spacial score (nSPS) is 10.1. The molecule has 2 rings (SSSR count). The Bertz CT molecular complexity index is 767. The minimum Gasteiger partial charge on any atom is -0.478 e. The van der Waals surface area contributed by atoms with Gasteiger partial charge in [-0.25, -0.2) is 19.2 Å². The Hall–Kier alpha value is -3.72. The number of carboxylic acids is 2. The molecule has 0 radical (unpaired) electrons. The van der Waals surface area contributed by atoms with E-state index in [4.69, 9.17) is 14.9 Å². The molecule has 0 aliphatic rings. The van der Waals surface area contributed by atoms with Gasteiger partial charge in [0.15, 0.2) is 0 Å². The second kappa shape index (κ2) is 9.11. The summed E-state index contributed by atoms with van der Waals surface area (Å²) in [4.78, 5) is 54.0. The first-order chi connectivity index (χ1) is 12.9. The van der Waals surface area contributed by atoms with Gasteiger partial charge in [0.2, 0.25) is 0 Å². The van der Waals surface area contributed by atoms with Gasteiger partial charge in [0.1, 0.15) is 13.2 Å². The third kappa shape index (κ3) is 5.65. The summed E-state index contributed by atoms with van der Waals surface area (Å²) in [7, 11) is 0. The Morgan fingerprint density at radius 2 is 1.04 bits per heavy atom. The highest BCUT2D eigenvalue weighted by atomic mass is 17.2. The molecule has 140 valence electrons. The Balaban J connectivity index is 1.71. The summed E-state index contributed by atoms with van der Waals surface area (Å²) >= 11 is 0. The van der Waals surface area contributed by atoms with Gasteiger partial charge in [-0.3, -0.25) is 4.89 Å². The molecular formula is C18H14O9. The average molecular weight is 374 g/mol. The van der Waals surface area contributed by atoms with Crippen molar-refractivity contribution < 1.29 is 43.9 Å². The van der Waals surface area contributed by atoms with Crippen LogP contribution in [-0.2, 0) is 14.5 Å². The molecule has 0 atom stereocenters. The minimum absolute atomic E-state index is 0.0239. The summed E-state index contributed by atoms with van der Waals surface area (Å²) in [6.45, 7) is -0.428. The number of rotatable bonds is 8. The van der Waals surface area contributed by atoms with Crippen LogP contribution >= 0.6 is 0 Å². The quantitative estimate of drug-likeness (QED) is 0.308. The van der Waals surface area contributed by atoms with E-state index < -0.39 is 23.9 Å².